The van der Waals surface area contributed by atoms with Gasteiger partial charge in [-0.2, -0.15) is 0 Å². The Morgan fingerprint density at radius 1 is 1.13 bits per heavy atom. The van der Waals surface area contributed by atoms with Gasteiger partial charge >= 0.3 is 18.0 Å². The van der Waals surface area contributed by atoms with Gasteiger partial charge in [-0.15, -0.1) is 0 Å². The van der Waals surface area contributed by atoms with Crippen molar-refractivity contribution in [2.24, 2.45) is 0 Å². The fraction of sp³-hybridized carbons (Fsp3) is 0.333. The molecule has 0 spiro atoms. The van der Waals surface area contributed by atoms with Gasteiger partial charge in [-0.05, 0) is 25.0 Å². The number of ether oxygens (including phenoxy) is 2. The standard InChI is InChI=1S/C21H25N3O6/c1-3-15-19(20(27)29-4-2)16(24-21(28)23-15)13-30-18(26)12-22-17(25)11-10-14-8-6-5-7-9-14/h5-11,15H,3-4,12-13H2,1-2H3,(H,22,25)(H2,23,24,28)/b11-10+/t15-/m0/s1. The maximum Gasteiger partial charge on any atom is 0.338 e. The molecule has 0 aliphatic carbocycles. The van der Waals surface area contributed by atoms with Gasteiger partial charge in [0.2, 0.25) is 5.91 Å². The van der Waals surface area contributed by atoms with Crippen LogP contribution in [0, 0.1) is 0 Å². The van der Waals surface area contributed by atoms with Crippen LogP contribution >= 0.6 is 0 Å². The molecule has 0 saturated carbocycles. The molecule has 3 amide bonds. The van der Waals surface area contributed by atoms with E-state index in [1.807, 2.05) is 30.3 Å². The highest BCUT2D eigenvalue weighted by Crippen LogP contribution is 2.17. The van der Waals surface area contributed by atoms with Gasteiger partial charge < -0.3 is 25.4 Å². The van der Waals surface area contributed by atoms with Crippen LogP contribution in [0.15, 0.2) is 47.7 Å². The zero-order valence-corrected chi connectivity index (χ0v) is 16.9. The first-order valence-electron chi connectivity index (χ1n) is 9.58. The largest absolute Gasteiger partial charge is 0.463 e. The molecular weight excluding hydrogens is 390 g/mol. The topological polar surface area (TPSA) is 123 Å². The van der Waals surface area contributed by atoms with E-state index < -0.39 is 29.9 Å². The Morgan fingerprint density at radius 2 is 1.87 bits per heavy atom. The minimum absolute atomic E-state index is 0.160. The van der Waals surface area contributed by atoms with Gasteiger partial charge in [-0.3, -0.25) is 9.59 Å². The number of carbonyl (C=O) groups excluding carboxylic acids is 4. The molecule has 30 heavy (non-hydrogen) atoms. The summed E-state index contributed by atoms with van der Waals surface area (Å²) in [4.78, 5) is 47.9. The molecule has 1 heterocycles. The van der Waals surface area contributed by atoms with E-state index in [4.69, 9.17) is 9.47 Å². The third-order valence-corrected chi connectivity index (χ3v) is 4.16. The van der Waals surface area contributed by atoms with Crippen LogP contribution in [-0.2, 0) is 23.9 Å². The van der Waals surface area contributed by atoms with Crippen molar-refractivity contribution in [3.8, 4) is 0 Å². The first kappa shape index (κ1) is 22.7. The lowest BCUT2D eigenvalue weighted by atomic mass is 10.0. The van der Waals surface area contributed by atoms with Gasteiger partial charge in [-0.25, -0.2) is 9.59 Å². The lowest BCUT2D eigenvalue weighted by Crippen LogP contribution is -2.51. The highest BCUT2D eigenvalue weighted by molar-refractivity contribution is 5.95. The Hall–Kier alpha value is -3.62. The minimum Gasteiger partial charge on any atom is -0.463 e. The molecule has 0 radical (unpaired) electrons. The molecule has 0 bridgehead atoms. The molecule has 160 valence electrons. The van der Waals surface area contributed by atoms with Gasteiger partial charge in [0.25, 0.3) is 0 Å². The Labute approximate surface area is 174 Å². The Bertz CT molecular complexity index is 848. The van der Waals surface area contributed by atoms with Gasteiger partial charge in [0.15, 0.2) is 0 Å². The van der Waals surface area contributed by atoms with Crippen LogP contribution in [0.2, 0.25) is 0 Å². The molecule has 0 fully saturated rings. The van der Waals surface area contributed by atoms with Crippen molar-refractivity contribution in [3.05, 3.63) is 53.2 Å². The van der Waals surface area contributed by atoms with Crippen LogP contribution in [0.4, 0.5) is 4.79 Å². The predicted molar refractivity (Wildman–Crippen MR) is 109 cm³/mol. The van der Waals surface area contributed by atoms with Gasteiger partial charge in [0.1, 0.15) is 13.2 Å². The maximum atomic E-state index is 12.3. The minimum atomic E-state index is -0.715. The highest BCUT2D eigenvalue weighted by Gasteiger charge is 2.31. The van der Waals surface area contributed by atoms with E-state index >= 15 is 0 Å². The molecule has 1 aliphatic heterocycles. The SMILES string of the molecule is CCOC(=O)C1=C(COC(=O)CNC(=O)/C=C/c2ccccc2)NC(=O)N[C@H]1CC. The van der Waals surface area contributed by atoms with Crippen molar-refractivity contribution in [2.45, 2.75) is 26.3 Å². The third kappa shape index (κ3) is 6.77. The maximum absolute atomic E-state index is 12.3. The van der Waals surface area contributed by atoms with Crippen molar-refractivity contribution in [2.75, 3.05) is 19.8 Å². The van der Waals surface area contributed by atoms with Crippen molar-refractivity contribution in [1.29, 1.82) is 0 Å². The number of carbonyl (C=O) groups is 4. The average Bonchev–Trinajstić information content (AvgIpc) is 2.75. The number of hydrogen-bond acceptors (Lipinski definition) is 6. The lowest BCUT2D eigenvalue weighted by Gasteiger charge is -2.28. The molecular formula is C21H25N3O6. The first-order chi connectivity index (χ1) is 14.4. The number of urea groups is 1. The molecule has 0 saturated heterocycles. The summed E-state index contributed by atoms with van der Waals surface area (Å²) in [6.45, 7) is 2.96. The van der Waals surface area contributed by atoms with E-state index in [2.05, 4.69) is 16.0 Å². The molecule has 1 aliphatic rings. The van der Waals surface area contributed by atoms with Crippen molar-refractivity contribution in [1.82, 2.24) is 16.0 Å². The van der Waals surface area contributed by atoms with E-state index in [1.54, 1.807) is 19.9 Å². The highest BCUT2D eigenvalue weighted by atomic mass is 16.5. The Balaban J connectivity index is 1.92. The smallest absolute Gasteiger partial charge is 0.338 e. The van der Waals surface area contributed by atoms with E-state index in [1.165, 1.54) is 6.08 Å². The Kier molecular flexibility index (Phi) is 8.61. The van der Waals surface area contributed by atoms with Crippen molar-refractivity contribution >= 4 is 30.0 Å². The molecule has 1 aromatic carbocycles. The summed E-state index contributed by atoms with van der Waals surface area (Å²) in [6.07, 6.45) is 3.39. The Morgan fingerprint density at radius 3 is 2.53 bits per heavy atom. The molecule has 1 atom stereocenters. The summed E-state index contributed by atoms with van der Waals surface area (Å²) < 4.78 is 10.1. The normalized spacial score (nSPS) is 15.9. The second kappa shape index (κ2) is 11.4. The van der Waals surface area contributed by atoms with Crippen molar-refractivity contribution < 1.29 is 28.7 Å². The second-order valence-corrected chi connectivity index (χ2v) is 6.29. The summed E-state index contributed by atoms with van der Waals surface area (Å²) in [7, 11) is 0. The van der Waals surface area contributed by atoms with Crippen molar-refractivity contribution in [3.63, 3.8) is 0 Å². The van der Waals surface area contributed by atoms with Crippen LogP contribution in [0.1, 0.15) is 25.8 Å². The molecule has 9 nitrogen and oxygen atoms in total. The molecule has 3 N–H and O–H groups in total. The quantitative estimate of drug-likeness (QED) is 0.412. The molecule has 9 heteroatoms. The zero-order valence-electron chi connectivity index (χ0n) is 16.9. The molecule has 1 aromatic rings. The number of amides is 3. The van der Waals surface area contributed by atoms with E-state index in [9.17, 15) is 19.2 Å². The average molecular weight is 415 g/mol. The lowest BCUT2D eigenvalue weighted by molar-refractivity contribution is -0.143. The van der Waals surface area contributed by atoms with E-state index in [-0.39, 0.29) is 31.0 Å². The zero-order chi connectivity index (χ0) is 21.9. The van der Waals surface area contributed by atoms with Crippen LogP contribution in [0.5, 0.6) is 0 Å². The van der Waals surface area contributed by atoms with Crippen LogP contribution < -0.4 is 16.0 Å². The molecule has 0 aromatic heterocycles. The molecule has 2 rings (SSSR count). The van der Waals surface area contributed by atoms with Gasteiger partial charge in [0, 0.05) is 6.08 Å². The number of benzene rings is 1. The summed E-state index contributed by atoms with van der Waals surface area (Å²) in [5, 5.41) is 7.52. The summed E-state index contributed by atoms with van der Waals surface area (Å²) in [5.41, 5.74) is 1.22. The number of rotatable bonds is 9. The fourth-order valence-electron chi connectivity index (χ4n) is 2.73. The van der Waals surface area contributed by atoms with Gasteiger partial charge in [-0.1, -0.05) is 37.3 Å². The first-order valence-corrected chi connectivity index (χ1v) is 9.58. The fourth-order valence-corrected chi connectivity index (χ4v) is 2.73. The predicted octanol–water partition coefficient (Wildman–Crippen LogP) is 1.27. The van der Waals surface area contributed by atoms with E-state index in [0.717, 1.165) is 5.56 Å². The monoisotopic (exact) mass is 415 g/mol. The summed E-state index contributed by atoms with van der Waals surface area (Å²) >= 11 is 0. The number of nitrogens with one attached hydrogen (secondary N) is 3. The second-order valence-electron chi connectivity index (χ2n) is 6.29. The number of esters is 2. The van der Waals surface area contributed by atoms with Crippen LogP contribution in [0.3, 0.4) is 0 Å². The summed E-state index contributed by atoms with van der Waals surface area (Å²) in [5.74, 6) is -1.77. The number of hydrogen-bond donors (Lipinski definition) is 3. The van der Waals surface area contributed by atoms with Crippen LogP contribution in [-0.4, -0.2) is 49.7 Å². The van der Waals surface area contributed by atoms with Gasteiger partial charge in [0.05, 0.1) is 23.9 Å². The third-order valence-electron chi connectivity index (χ3n) is 4.16. The molecule has 0 unspecified atom stereocenters. The summed E-state index contributed by atoms with van der Waals surface area (Å²) in [6, 6.07) is 8.18. The van der Waals surface area contributed by atoms with Crippen LogP contribution in [0.25, 0.3) is 6.08 Å². The van der Waals surface area contributed by atoms with E-state index in [0.29, 0.717) is 6.42 Å².